The predicted molar refractivity (Wildman–Crippen MR) is 104 cm³/mol. The second-order valence-electron chi connectivity index (χ2n) is 5.52. The van der Waals surface area contributed by atoms with Gasteiger partial charge in [-0.1, -0.05) is 18.2 Å². The van der Waals surface area contributed by atoms with Crippen molar-refractivity contribution in [1.82, 2.24) is 10.3 Å². The van der Waals surface area contributed by atoms with E-state index in [9.17, 15) is 9.59 Å². The van der Waals surface area contributed by atoms with Crippen molar-refractivity contribution < 1.29 is 9.59 Å². The first kappa shape index (κ1) is 17.2. The van der Waals surface area contributed by atoms with E-state index in [1.165, 1.54) is 6.08 Å². The zero-order chi connectivity index (χ0) is 18.4. The van der Waals surface area contributed by atoms with Crippen molar-refractivity contribution in [3.63, 3.8) is 0 Å². The third-order valence-corrected chi connectivity index (χ3v) is 3.73. The number of rotatable bonds is 4. The van der Waals surface area contributed by atoms with Crippen LogP contribution in [0.15, 0.2) is 66.9 Å². The van der Waals surface area contributed by atoms with Gasteiger partial charge in [0.05, 0.1) is 5.52 Å². The summed E-state index contributed by atoms with van der Waals surface area (Å²) in [6.45, 7) is 0. The SMILES string of the molecule is CNC(=O)Nc1ccc(NC(=O)/C=C\c2ccnc3ccccc23)cc1. The number of nitrogens with zero attached hydrogens (tertiary/aromatic N) is 1. The molecule has 6 nitrogen and oxygen atoms in total. The number of aromatic nitrogens is 1. The number of benzene rings is 2. The summed E-state index contributed by atoms with van der Waals surface area (Å²) in [5.74, 6) is -0.238. The van der Waals surface area contributed by atoms with Crippen molar-refractivity contribution in [3.8, 4) is 0 Å². The number of pyridine rings is 1. The van der Waals surface area contributed by atoms with E-state index in [-0.39, 0.29) is 11.9 Å². The molecule has 0 saturated carbocycles. The number of urea groups is 1. The summed E-state index contributed by atoms with van der Waals surface area (Å²) in [5.41, 5.74) is 3.09. The zero-order valence-electron chi connectivity index (χ0n) is 14.2. The van der Waals surface area contributed by atoms with Gasteiger partial charge in [0.25, 0.3) is 0 Å². The molecule has 130 valence electrons. The van der Waals surface area contributed by atoms with E-state index in [4.69, 9.17) is 0 Å². The van der Waals surface area contributed by atoms with Crippen molar-refractivity contribution in [3.05, 3.63) is 72.4 Å². The molecule has 2 aromatic carbocycles. The Morgan fingerprint density at radius 3 is 2.35 bits per heavy atom. The molecule has 0 aliphatic carbocycles. The van der Waals surface area contributed by atoms with E-state index in [0.29, 0.717) is 11.4 Å². The molecule has 3 N–H and O–H groups in total. The van der Waals surface area contributed by atoms with Crippen molar-refractivity contribution >= 4 is 40.3 Å². The molecular formula is C20H18N4O2. The van der Waals surface area contributed by atoms with E-state index in [2.05, 4.69) is 20.9 Å². The van der Waals surface area contributed by atoms with Gasteiger partial charge in [-0.05, 0) is 48.0 Å². The Balaban J connectivity index is 1.66. The highest BCUT2D eigenvalue weighted by Crippen LogP contribution is 2.18. The maximum atomic E-state index is 12.1. The smallest absolute Gasteiger partial charge is 0.318 e. The van der Waals surface area contributed by atoms with Gasteiger partial charge in [0.2, 0.25) is 5.91 Å². The molecule has 0 radical (unpaired) electrons. The summed E-state index contributed by atoms with van der Waals surface area (Å²) in [7, 11) is 1.54. The minimum absolute atomic E-state index is 0.238. The van der Waals surface area contributed by atoms with Gasteiger partial charge in [-0.25, -0.2) is 4.79 Å². The summed E-state index contributed by atoms with van der Waals surface area (Å²) in [5, 5.41) is 8.90. The van der Waals surface area contributed by atoms with Crippen LogP contribution in [-0.2, 0) is 4.79 Å². The molecule has 0 aliphatic rings. The molecule has 1 aromatic heterocycles. The van der Waals surface area contributed by atoms with Gasteiger partial charge in [-0.2, -0.15) is 0 Å². The van der Waals surface area contributed by atoms with E-state index in [0.717, 1.165) is 16.5 Å². The molecule has 0 unspecified atom stereocenters. The number of amides is 3. The minimum atomic E-state index is -0.297. The number of para-hydroxylation sites is 1. The highest BCUT2D eigenvalue weighted by Gasteiger charge is 2.02. The number of hydrogen-bond acceptors (Lipinski definition) is 3. The van der Waals surface area contributed by atoms with Crippen LogP contribution in [0.3, 0.4) is 0 Å². The Kier molecular flexibility index (Phi) is 5.24. The van der Waals surface area contributed by atoms with Crippen LogP contribution in [0.25, 0.3) is 17.0 Å². The van der Waals surface area contributed by atoms with Crippen LogP contribution in [0, 0.1) is 0 Å². The first-order chi connectivity index (χ1) is 12.7. The van der Waals surface area contributed by atoms with Crippen LogP contribution in [-0.4, -0.2) is 24.0 Å². The predicted octanol–water partition coefficient (Wildman–Crippen LogP) is 3.64. The van der Waals surface area contributed by atoms with Gasteiger partial charge in [0.1, 0.15) is 0 Å². The molecule has 0 spiro atoms. The fourth-order valence-electron chi connectivity index (χ4n) is 2.44. The Morgan fingerprint density at radius 2 is 1.62 bits per heavy atom. The van der Waals surface area contributed by atoms with Gasteiger partial charge < -0.3 is 16.0 Å². The molecule has 0 saturated heterocycles. The Hall–Kier alpha value is -3.67. The van der Waals surface area contributed by atoms with Gasteiger partial charge in [0, 0.05) is 36.1 Å². The molecule has 3 amide bonds. The molecule has 3 rings (SSSR count). The fraction of sp³-hybridized carbons (Fsp3) is 0.0500. The van der Waals surface area contributed by atoms with E-state index >= 15 is 0 Å². The van der Waals surface area contributed by atoms with Crippen molar-refractivity contribution in [2.24, 2.45) is 0 Å². The van der Waals surface area contributed by atoms with Crippen LogP contribution >= 0.6 is 0 Å². The average Bonchev–Trinajstić information content (AvgIpc) is 2.67. The zero-order valence-corrected chi connectivity index (χ0v) is 14.2. The third-order valence-electron chi connectivity index (χ3n) is 3.73. The summed E-state index contributed by atoms with van der Waals surface area (Å²) >= 11 is 0. The van der Waals surface area contributed by atoms with Crippen LogP contribution in [0.4, 0.5) is 16.2 Å². The molecule has 0 atom stereocenters. The maximum Gasteiger partial charge on any atom is 0.318 e. The largest absolute Gasteiger partial charge is 0.341 e. The Bertz CT molecular complexity index is 960. The molecule has 26 heavy (non-hydrogen) atoms. The number of carbonyl (C=O) groups excluding carboxylic acids is 2. The molecular weight excluding hydrogens is 328 g/mol. The summed E-state index contributed by atoms with van der Waals surface area (Å²) < 4.78 is 0. The van der Waals surface area contributed by atoms with E-state index in [1.54, 1.807) is 43.6 Å². The number of hydrogen-bond donors (Lipinski definition) is 3. The molecule has 6 heteroatoms. The highest BCUT2D eigenvalue weighted by atomic mass is 16.2. The summed E-state index contributed by atoms with van der Waals surface area (Å²) in [4.78, 5) is 27.7. The third kappa shape index (κ3) is 4.24. The molecule has 0 bridgehead atoms. The normalized spacial score (nSPS) is 10.7. The fourth-order valence-corrected chi connectivity index (χ4v) is 2.44. The maximum absolute atomic E-state index is 12.1. The standard InChI is InChI=1S/C20H18N4O2/c1-21-20(26)24-16-9-7-15(8-10-16)23-19(25)11-6-14-12-13-22-18-5-3-2-4-17(14)18/h2-13H,1H3,(H,23,25)(H2,21,24,26)/b11-6-. The number of carbonyl (C=O) groups is 2. The lowest BCUT2D eigenvalue weighted by molar-refractivity contribution is -0.111. The molecule has 3 aromatic rings. The van der Waals surface area contributed by atoms with Crippen LogP contribution in [0.5, 0.6) is 0 Å². The lowest BCUT2D eigenvalue weighted by Gasteiger charge is -2.06. The van der Waals surface area contributed by atoms with Gasteiger partial charge in [-0.15, -0.1) is 0 Å². The van der Waals surface area contributed by atoms with Gasteiger partial charge in [-0.3, -0.25) is 9.78 Å². The number of anilines is 2. The Morgan fingerprint density at radius 1 is 0.923 bits per heavy atom. The van der Waals surface area contributed by atoms with Gasteiger partial charge >= 0.3 is 6.03 Å². The lowest BCUT2D eigenvalue weighted by Crippen LogP contribution is -2.24. The van der Waals surface area contributed by atoms with E-state index in [1.807, 2.05) is 30.3 Å². The summed E-state index contributed by atoms with van der Waals surface area (Å²) in [6, 6.07) is 16.2. The highest BCUT2D eigenvalue weighted by molar-refractivity contribution is 6.03. The van der Waals surface area contributed by atoms with Gasteiger partial charge in [0.15, 0.2) is 0 Å². The van der Waals surface area contributed by atoms with Crippen molar-refractivity contribution in [2.75, 3.05) is 17.7 Å². The molecule has 1 heterocycles. The van der Waals surface area contributed by atoms with Crippen LogP contribution in [0.2, 0.25) is 0 Å². The lowest BCUT2D eigenvalue weighted by atomic mass is 10.1. The first-order valence-corrected chi connectivity index (χ1v) is 8.07. The topological polar surface area (TPSA) is 83.1 Å². The van der Waals surface area contributed by atoms with Crippen LogP contribution < -0.4 is 16.0 Å². The van der Waals surface area contributed by atoms with Crippen molar-refractivity contribution in [2.45, 2.75) is 0 Å². The second-order valence-corrected chi connectivity index (χ2v) is 5.52. The van der Waals surface area contributed by atoms with Crippen LogP contribution in [0.1, 0.15) is 5.56 Å². The Labute approximate surface area is 150 Å². The minimum Gasteiger partial charge on any atom is -0.341 e. The quantitative estimate of drug-likeness (QED) is 0.631. The number of fused-ring (bicyclic) bond motifs is 1. The molecule has 0 aliphatic heterocycles. The second kappa shape index (κ2) is 7.94. The monoisotopic (exact) mass is 346 g/mol. The van der Waals surface area contributed by atoms with Crippen molar-refractivity contribution in [1.29, 1.82) is 0 Å². The summed E-state index contributed by atoms with van der Waals surface area (Å²) in [6.07, 6.45) is 4.97. The molecule has 0 fully saturated rings. The average molecular weight is 346 g/mol. The van der Waals surface area contributed by atoms with E-state index < -0.39 is 0 Å². The number of nitrogens with one attached hydrogen (secondary N) is 3. The first-order valence-electron chi connectivity index (χ1n) is 8.07.